The summed E-state index contributed by atoms with van der Waals surface area (Å²) in [5.41, 5.74) is -0.109. The number of aromatic nitrogens is 1. The Morgan fingerprint density at radius 1 is 1.55 bits per heavy atom. The maximum atomic E-state index is 11.1. The van der Waals surface area contributed by atoms with Crippen LogP contribution < -0.4 is 10.9 Å². The van der Waals surface area contributed by atoms with Crippen LogP contribution in [0.1, 0.15) is 0 Å². The van der Waals surface area contributed by atoms with Crippen LogP contribution in [0.4, 0.5) is 5.82 Å². The van der Waals surface area contributed by atoms with Crippen molar-refractivity contribution in [1.29, 1.82) is 0 Å². The van der Waals surface area contributed by atoms with Crippen LogP contribution in [0.3, 0.4) is 0 Å². The van der Waals surface area contributed by atoms with Gasteiger partial charge in [-0.05, 0) is 6.07 Å². The molecule has 0 fully saturated rings. The van der Waals surface area contributed by atoms with E-state index in [4.69, 9.17) is 11.6 Å². The first-order valence-corrected chi connectivity index (χ1v) is 3.57. The molecule has 0 aliphatic rings. The Balaban J connectivity index is 3.36. The van der Waals surface area contributed by atoms with Gasteiger partial charge < -0.3 is 5.32 Å². The molecule has 1 rings (SSSR count). The summed E-state index contributed by atoms with van der Waals surface area (Å²) >= 11 is 5.65. The van der Waals surface area contributed by atoms with Crippen LogP contribution in [0.25, 0.3) is 0 Å². The Morgan fingerprint density at radius 3 is 2.73 bits per heavy atom. The van der Waals surface area contributed by atoms with E-state index in [0.717, 1.165) is 0 Å². The lowest BCUT2D eigenvalue weighted by atomic mass is 10.4. The fourth-order valence-corrected chi connectivity index (χ4v) is 1.04. The van der Waals surface area contributed by atoms with Gasteiger partial charge in [0.05, 0.1) is 0 Å². The van der Waals surface area contributed by atoms with Crippen molar-refractivity contribution in [2.75, 3.05) is 12.4 Å². The highest BCUT2D eigenvalue weighted by Gasteiger charge is 1.98. The van der Waals surface area contributed by atoms with E-state index in [1.165, 1.54) is 10.6 Å². The van der Waals surface area contributed by atoms with Crippen molar-refractivity contribution in [2.24, 2.45) is 7.05 Å². The minimum atomic E-state index is -0.109. The molecule has 4 heteroatoms. The second kappa shape index (κ2) is 2.96. The summed E-state index contributed by atoms with van der Waals surface area (Å²) in [5.74, 6) is 0.711. The molecule has 60 valence electrons. The van der Waals surface area contributed by atoms with Crippen LogP contribution in [0.2, 0.25) is 5.02 Å². The SMILES string of the molecule is CNc1cc(Cl)cc(=O)n1C. The molecule has 0 saturated heterocycles. The molecular weight excluding hydrogens is 164 g/mol. The molecule has 0 unspecified atom stereocenters. The Kier molecular flexibility index (Phi) is 2.19. The van der Waals surface area contributed by atoms with Crippen LogP contribution >= 0.6 is 11.6 Å². The molecule has 11 heavy (non-hydrogen) atoms. The van der Waals surface area contributed by atoms with Gasteiger partial charge in [-0.1, -0.05) is 11.6 Å². The molecule has 0 bridgehead atoms. The smallest absolute Gasteiger partial charge is 0.253 e. The number of anilines is 1. The number of rotatable bonds is 1. The van der Waals surface area contributed by atoms with Gasteiger partial charge >= 0.3 is 0 Å². The Bertz CT molecular complexity index is 319. The molecule has 0 atom stereocenters. The molecule has 0 saturated carbocycles. The van der Waals surface area contributed by atoms with E-state index >= 15 is 0 Å². The van der Waals surface area contributed by atoms with Crippen molar-refractivity contribution < 1.29 is 0 Å². The van der Waals surface area contributed by atoms with Crippen LogP contribution in [-0.2, 0) is 7.05 Å². The molecule has 1 aromatic rings. The summed E-state index contributed by atoms with van der Waals surface area (Å²) in [6.07, 6.45) is 0. The number of hydrogen-bond donors (Lipinski definition) is 1. The lowest BCUT2D eigenvalue weighted by Crippen LogP contribution is -2.18. The van der Waals surface area contributed by atoms with Crippen LogP contribution in [0.15, 0.2) is 16.9 Å². The van der Waals surface area contributed by atoms with Crippen LogP contribution in [0, 0.1) is 0 Å². The third-order valence-electron chi connectivity index (χ3n) is 1.48. The maximum Gasteiger partial charge on any atom is 0.253 e. The zero-order valence-electron chi connectivity index (χ0n) is 6.39. The third-order valence-corrected chi connectivity index (χ3v) is 1.70. The molecule has 0 amide bonds. The Hall–Kier alpha value is -0.960. The number of nitrogens with zero attached hydrogens (tertiary/aromatic N) is 1. The number of nitrogens with one attached hydrogen (secondary N) is 1. The summed E-state index contributed by atoms with van der Waals surface area (Å²) in [6, 6.07) is 3.07. The molecule has 1 N–H and O–H groups in total. The molecule has 0 radical (unpaired) electrons. The topological polar surface area (TPSA) is 34.0 Å². The fraction of sp³-hybridized carbons (Fsp3) is 0.286. The second-order valence-electron chi connectivity index (χ2n) is 2.21. The molecule has 0 aliphatic heterocycles. The van der Waals surface area contributed by atoms with Crippen LogP contribution in [-0.4, -0.2) is 11.6 Å². The third kappa shape index (κ3) is 1.54. The Labute approximate surface area is 69.6 Å². The van der Waals surface area contributed by atoms with Gasteiger partial charge in [0, 0.05) is 25.2 Å². The van der Waals surface area contributed by atoms with E-state index in [0.29, 0.717) is 10.8 Å². The first-order valence-electron chi connectivity index (χ1n) is 3.19. The zero-order chi connectivity index (χ0) is 8.43. The Morgan fingerprint density at radius 2 is 2.18 bits per heavy atom. The number of halogens is 1. The minimum absolute atomic E-state index is 0.109. The van der Waals surface area contributed by atoms with Crippen molar-refractivity contribution in [3.8, 4) is 0 Å². The standard InChI is InChI=1S/C7H9ClN2O/c1-9-6-3-5(8)4-7(11)10(6)2/h3-4,9H,1-2H3. The predicted molar refractivity (Wildman–Crippen MR) is 46.2 cm³/mol. The summed E-state index contributed by atoms with van der Waals surface area (Å²) in [5, 5.41) is 3.31. The first-order chi connectivity index (χ1) is 5.15. The average molecular weight is 173 g/mol. The lowest BCUT2D eigenvalue weighted by molar-refractivity contribution is 0.867. The minimum Gasteiger partial charge on any atom is -0.374 e. The van der Waals surface area contributed by atoms with E-state index < -0.39 is 0 Å². The summed E-state index contributed by atoms with van der Waals surface area (Å²) < 4.78 is 1.49. The van der Waals surface area contributed by atoms with Gasteiger partial charge in [0.1, 0.15) is 5.82 Å². The highest BCUT2D eigenvalue weighted by atomic mass is 35.5. The van der Waals surface area contributed by atoms with Gasteiger partial charge in [0.2, 0.25) is 0 Å². The molecule has 1 aromatic heterocycles. The van der Waals surface area contributed by atoms with E-state index in [1.54, 1.807) is 20.2 Å². The quantitative estimate of drug-likeness (QED) is 0.688. The largest absolute Gasteiger partial charge is 0.374 e. The lowest BCUT2D eigenvalue weighted by Gasteiger charge is -2.05. The molecule has 3 nitrogen and oxygen atoms in total. The summed E-state index contributed by atoms with van der Waals surface area (Å²) in [7, 11) is 3.43. The van der Waals surface area contributed by atoms with Crippen LogP contribution in [0.5, 0.6) is 0 Å². The second-order valence-corrected chi connectivity index (χ2v) is 2.64. The monoisotopic (exact) mass is 172 g/mol. The molecular formula is C7H9ClN2O. The molecule has 0 spiro atoms. The van der Waals surface area contributed by atoms with Crippen molar-refractivity contribution >= 4 is 17.4 Å². The highest BCUT2D eigenvalue weighted by molar-refractivity contribution is 6.30. The molecule has 0 aliphatic carbocycles. The average Bonchev–Trinajstić information content (AvgIpc) is 1.96. The predicted octanol–water partition coefficient (Wildman–Crippen LogP) is 1.08. The first kappa shape index (κ1) is 8.14. The fourth-order valence-electron chi connectivity index (χ4n) is 0.842. The van der Waals surface area contributed by atoms with Gasteiger partial charge in [0.25, 0.3) is 5.56 Å². The van der Waals surface area contributed by atoms with Crippen molar-refractivity contribution in [1.82, 2.24) is 4.57 Å². The summed E-state index contributed by atoms with van der Waals surface area (Å²) in [4.78, 5) is 11.1. The molecule has 1 heterocycles. The van der Waals surface area contributed by atoms with Gasteiger partial charge in [-0.3, -0.25) is 9.36 Å². The molecule has 0 aromatic carbocycles. The zero-order valence-corrected chi connectivity index (χ0v) is 7.14. The van der Waals surface area contributed by atoms with Crippen molar-refractivity contribution in [3.05, 3.63) is 27.5 Å². The highest BCUT2D eigenvalue weighted by Crippen LogP contribution is 2.10. The maximum absolute atomic E-state index is 11.1. The number of hydrogen-bond acceptors (Lipinski definition) is 2. The van der Waals surface area contributed by atoms with Gasteiger partial charge in [-0.15, -0.1) is 0 Å². The van der Waals surface area contributed by atoms with Gasteiger partial charge in [-0.2, -0.15) is 0 Å². The normalized spacial score (nSPS) is 9.73. The van der Waals surface area contributed by atoms with Gasteiger partial charge in [-0.25, -0.2) is 0 Å². The van der Waals surface area contributed by atoms with Crippen molar-refractivity contribution in [3.63, 3.8) is 0 Å². The van der Waals surface area contributed by atoms with Gasteiger partial charge in [0.15, 0.2) is 0 Å². The van der Waals surface area contributed by atoms with E-state index in [-0.39, 0.29) is 5.56 Å². The van der Waals surface area contributed by atoms with E-state index in [9.17, 15) is 4.79 Å². The summed E-state index contributed by atoms with van der Waals surface area (Å²) in [6.45, 7) is 0. The van der Waals surface area contributed by atoms with E-state index in [1.807, 2.05) is 0 Å². The number of pyridine rings is 1. The van der Waals surface area contributed by atoms with Crippen molar-refractivity contribution in [2.45, 2.75) is 0 Å². The van der Waals surface area contributed by atoms with E-state index in [2.05, 4.69) is 5.32 Å².